The first-order valence-electron chi connectivity index (χ1n) is 6.32. The summed E-state index contributed by atoms with van der Waals surface area (Å²) in [5, 5.41) is 5.33. The zero-order chi connectivity index (χ0) is 14.4. The summed E-state index contributed by atoms with van der Waals surface area (Å²) >= 11 is 0. The quantitative estimate of drug-likeness (QED) is 0.693. The number of nitrogens with two attached hydrogens (primary N) is 1. The minimum atomic E-state index is -0.338. The van der Waals surface area contributed by atoms with Crippen molar-refractivity contribution in [3.63, 3.8) is 0 Å². The Morgan fingerprint density at radius 3 is 2.53 bits per heavy atom. The molecule has 0 fully saturated rings. The third kappa shape index (κ3) is 4.99. The van der Waals surface area contributed by atoms with Crippen LogP contribution in [0.3, 0.4) is 0 Å². The van der Waals surface area contributed by atoms with Gasteiger partial charge in [0, 0.05) is 11.7 Å². The maximum atomic E-state index is 11.9. The Hall–Kier alpha value is -2.04. The third-order valence-corrected chi connectivity index (χ3v) is 2.68. The molecule has 0 aliphatic heterocycles. The maximum Gasteiger partial charge on any atom is 0.239 e. The highest BCUT2D eigenvalue weighted by Gasteiger charge is 2.16. The highest BCUT2D eigenvalue weighted by atomic mass is 16.2. The molecule has 0 bridgehead atoms. The van der Waals surface area contributed by atoms with Gasteiger partial charge in [-0.05, 0) is 38.5 Å². The van der Waals surface area contributed by atoms with E-state index in [-0.39, 0.29) is 30.3 Å². The Bertz CT molecular complexity index is 458. The summed E-state index contributed by atoms with van der Waals surface area (Å²) in [6.45, 7) is 5.51. The number of amides is 2. The number of carbonyl (C=O) groups excluding carboxylic acids is 2. The molecule has 5 heteroatoms. The van der Waals surface area contributed by atoms with Crippen molar-refractivity contribution in [2.24, 2.45) is 0 Å². The van der Waals surface area contributed by atoms with Gasteiger partial charge in [-0.2, -0.15) is 0 Å². The lowest BCUT2D eigenvalue weighted by Crippen LogP contribution is -2.41. The van der Waals surface area contributed by atoms with E-state index in [1.54, 1.807) is 25.1 Å². The van der Waals surface area contributed by atoms with Gasteiger partial charge in [-0.25, -0.2) is 0 Å². The lowest BCUT2D eigenvalue weighted by molar-refractivity contribution is -0.127. The van der Waals surface area contributed by atoms with Gasteiger partial charge >= 0.3 is 0 Å². The van der Waals surface area contributed by atoms with Gasteiger partial charge in [0.2, 0.25) is 11.8 Å². The fraction of sp³-hybridized carbons (Fsp3) is 0.429. The minimum absolute atomic E-state index is 0.0102. The molecule has 0 radical (unpaired) electrons. The molecule has 0 aliphatic carbocycles. The van der Waals surface area contributed by atoms with E-state index in [1.807, 2.05) is 19.9 Å². The molecule has 1 unspecified atom stereocenters. The van der Waals surface area contributed by atoms with Gasteiger partial charge in [0.15, 0.2) is 0 Å². The average molecular weight is 263 g/mol. The molecule has 1 atom stereocenters. The highest BCUT2D eigenvalue weighted by molar-refractivity contribution is 5.88. The molecule has 0 aromatic heterocycles. The average Bonchev–Trinajstić information content (AvgIpc) is 2.34. The predicted molar refractivity (Wildman–Crippen MR) is 75.6 cm³/mol. The van der Waals surface area contributed by atoms with Crippen LogP contribution in [0.15, 0.2) is 24.3 Å². The van der Waals surface area contributed by atoms with Gasteiger partial charge in [-0.3, -0.25) is 9.59 Å². The Kier molecular flexibility index (Phi) is 5.36. The zero-order valence-electron chi connectivity index (χ0n) is 11.6. The fourth-order valence-electron chi connectivity index (χ4n) is 1.67. The van der Waals surface area contributed by atoms with E-state index in [4.69, 9.17) is 5.73 Å². The monoisotopic (exact) mass is 263 g/mol. The van der Waals surface area contributed by atoms with Crippen molar-refractivity contribution >= 4 is 17.5 Å². The molecule has 0 aliphatic rings. The molecule has 104 valence electrons. The Balaban J connectivity index is 2.52. The first kappa shape index (κ1) is 15.0. The van der Waals surface area contributed by atoms with Crippen molar-refractivity contribution in [3.05, 3.63) is 29.8 Å². The largest absolute Gasteiger partial charge is 0.399 e. The molecule has 1 rings (SSSR count). The van der Waals surface area contributed by atoms with E-state index in [0.29, 0.717) is 5.69 Å². The van der Waals surface area contributed by atoms with Gasteiger partial charge < -0.3 is 16.4 Å². The first-order chi connectivity index (χ1) is 8.90. The molecule has 0 saturated carbocycles. The molecular weight excluding hydrogens is 242 g/mol. The third-order valence-electron chi connectivity index (χ3n) is 2.68. The molecule has 1 aromatic rings. The minimum Gasteiger partial charge on any atom is -0.399 e. The van der Waals surface area contributed by atoms with Gasteiger partial charge in [0.1, 0.15) is 0 Å². The van der Waals surface area contributed by atoms with Gasteiger partial charge in [0.05, 0.1) is 12.5 Å². The van der Waals surface area contributed by atoms with E-state index in [0.717, 1.165) is 5.56 Å². The van der Waals surface area contributed by atoms with Crippen molar-refractivity contribution in [2.75, 3.05) is 12.3 Å². The van der Waals surface area contributed by atoms with Crippen LogP contribution in [0, 0.1) is 0 Å². The smallest absolute Gasteiger partial charge is 0.239 e. The number of hydrogen-bond donors (Lipinski definition) is 3. The Labute approximate surface area is 113 Å². The number of benzene rings is 1. The summed E-state index contributed by atoms with van der Waals surface area (Å²) in [5.74, 6) is -0.719. The van der Waals surface area contributed by atoms with Gasteiger partial charge in [0.25, 0.3) is 0 Å². The molecule has 1 aromatic carbocycles. The van der Waals surface area contributed by atoms with Crippen molar-refractivity contribution < 1.29 is 9.59 Å². The van der Waals surface area contributed by atoms with Crippen LogP contribution in [0.1, 0.15) is 32.3 Å². The number of rotatable bonds is 5. The van der Waals surface area contributed by atoms with Crippen LogP contribution in [0.4, 0.5) is 5.69 Å². The van der Waals surface area contributed by atoms with Crippen molar-refractivity contribution in [1.29, 1.82) is 0 Å². The van der Waals surface area contributed by atoms with Crippen LogP contribution in [-0.4, -0.2) is 24.4 Å². The van der Waals surface area contributed by atoms with Crippen LogP contribution >= 0.6 is 0 Å². The lowest BCUT2D eigenvalue weighted by atomic mass is 10.00. The summed E-state index contributed by atoms with van der Waals surface area (Å²) in [4.78, 5) is 23.3. The number of anilines is 1. The summed E-state index contributed by atoms with van der Waals surface area (Å²) in [5.41, 5.74) is 7.13. The first-order valence-corrected chi connectivity index (χ1v) is 6.32. The molecular formula is C14H21N3O2. The number of nitrogens with one attached hydrogen (secondary N) is 2. The molecule has 2 amide bonds. The lowest BCUT2D eigenvalue weighted by Gasteiger charge is -2.14. The maximum absolute atomic E-state index is 11.9. The van der Waals surface area contributed by atoms with E-state index in [9.17, 15) is 9.59 Å². The molecule has 0 heterocycles. The normalized spacial score (nSPS) is 12.0. The van der Waals surface area contributed by atoms with Crippen LogP contribution in [0.25, 0.3) is 0 Å². The van der Waals surface area contributed by atoms with E-state index in [2.05, 4.69) is 10.6 Å². The van der Waals surface area contributed by atoms with Crippen LogP contribution in [0.5, 0.6) is 0 Å². The standard InChI is InChI=1S/C14H21N3O2/c1-9(2)17-13(18)8-16-14(19)10(3)11-5-4-6-12(15)7-11/h4-7,9-10H,8,15H2,1-3H3,(H,16,19)(H,17,18). The fourth-order valence-corrected chi connectivity index (χ4v) is 1.67. The molecule has 0 spiro atoms. The van der Waals surface area contributed by atoms with Crippen molar-refractivity contribution in [3.8, 4) is 0 Å². The van der Waals surface area contributed by atoms with E-state index >= 15 is 0 Å². The number of hydrogen-bond acceptors (Lipinski definition) is 3. The molecule has 5 nitrogen and oxygen atoms in total. The zero-order valence-corrected chi connectivity index (χ0v) is 11.6. The molecule has 0 saturated heterocycles. The van der Waals surface area contributed by atoms with Gasteiger partial charge in [-0.15, -0.1) is 0 Å². The summed E-state index contributed by atoms with van der Waals surface area (Å²) in [7, 11) is 0. The van der Waals surface area contributed by atoms with Gasteiger partial charge in [-0.1, -0.05) is 12.1 Å². The summed E-state index contributed by atoms with van der Waals surface area (Å²) in [6, 6.07) is 7.24. The number of nitrogen functional groups attached to an aromatic ring is 1. The van der Waals surface area contributed by atoms with Crippen LogP contribution in [0.2, 0.25) is 0 Å². The second kappa shape index (κ2) is 6.78. The number of carbonyl (C=O) groups is 2. The summed E-state index contributed by atoms with van der Waals surface area (Å²) < 4.78 is 0. The van der Waals surface area contributed by atoms with Crippen molar-refractivity contribution in [1.82, 2.24) is 10.6 Å². The van der Waals surface area contributed by atoms with Crippen molar-refractivity contribution in [2.45, 2.75) is 32.7 Å². The topological polar surface area (TPSA) is 84.2 Å². The molecule has 19 heavy (non-hydrogen) atoms. The SMILES string of the molecule is CC(C)NC(=O)CNC(=O)C(C)c1cccc(N)c1. The van der Waals surface area contributed by atoms with E-state index in [1.165, 1.54) is 0 Å². The second-order valence-electron chi connectivity index (χ2n) is 4.83. The van der Waals surface area contributed by atoms with Crippen LogP contribution in [-0.2, 0) is 9.59 Å². The highest BCUT2D eigenvalue weighted by Crippen LogP contribution is 2.17. The molecule has 4 N–H and O–H groups in total. The Morgan fingerprint density at radius 2 is 1.95 bits per heavy atom. The Morgan fingerprint density at radius 1 is 1.26 bits per heavy atom. The van der Waals surface area contributed by atoms with Crippen LogP contribution < -0.4 is 16.4 Å². The van der Waals surface area contributed by atoms with E-state index < -0.39 is 0 Å². The predicted octanol–water partition coefficient (Wildman–Crippen LogP) is 1.01. The summed E-state index contributed by atoms with van der Waals surface area (Å²) in [6.07, 6.45) is 0. The second-order valence-corrected chi connectivity index (χ2v) is 4.83.